The zero-order chi connectivity index (χ0) is 10.6. The van der Waals surface area contributed by atoms with Gasteiger partial charge in [0.1, 0.15) is 6.17 Å². The molecule has 1 atom stereocenters. The summed E-state index contributed by atoms with van der Waals surface area (Å²) in [6.45, 7) is 6.82. The number of hydrogen-bond donors (Lipinski definition) is 0. The molecule has 0 bridgehead atoms. The summed E-state index contributed by atoms with van der Waals surface area (Å²) in [7, 11) is 0. The van der Waals surface area contributed by atoms with E-state index in [4.69, 9.17) is 0 Å². The molecule has 0 amide bonds. The fourth-order valence-electron chi connectivity index (χ4n) is 2.13. The lowest BCUT2D eigenvalue weighted by Crippen LogP contribution is -2.22. The van der Waals surface area contributed by atoms with Gasteiger partial charge in [0.05, 0.1) is 0 Å². The van der Waals surface area contributed by atoms with E-state index < -0.39 is 6.17 Å². The van der Waals surface area contributed by atoms with Crippen LogP contribution in [-0.4, -0.2) is 17.2 Å². The number of hydrogen-bond acceptors (Lipinski definition) is 1. The van der Waals surface area contributed by atoms with Crippen LogP contribution in [-0.2, 0) is 0 Å². The monoisotopic (exact) mass is 218 g/mol. The highest BCUT2D eigenvalue weighted by molar-refractivity contribution is 7.99. The minimum absolute atomic E-state index is 0.504. The van der Waals surface area contributed by atoms with Crippen molar-refractivity contribution in [1.82, 2.24) is 0 Å². The van der Waals surface area contributed by atoms with Crippen molar-refractivity contribution in [3.63, 3.8) is 0 Å². The molecule has 0 saturated heterocycles. The van der Waals surface area contributed by atoms with Crippen molar-refractivity contribution in [2.75, 3.05) is 5.75 Å². The molecule has 0 N–H and O–H groups in total. The fraction of sp³-hybridized carbons (Fsp3) is 1.00. The Balaban J connectivity index is 2.20. The molecule has 0 aromatic heterocycles. The first-order chi connectivity index (χ1) is 6.59. The molecular formula is C12H23FS. The van der Waals surface area contributed by atoms with Crippen molar-refractivity contribution in [3.8, 4) is 0 Å². The number of alkyl halides is 1. The Morgan fingerprint density at radius 2 is 1.71 bits per heavy atom. The first kappa shape index (κ1) is 12.4. The van der Waals surface area contributed by atoms with E-state index in [-0.39, 0.29) is 0 Å². The molecule has 1 rings (SSSR count). The van der Waals surface area contributed by atoms with Gasteiger partial charge in [0, 0.05) is 0 Å². The highest BCUT2D eigenvalue weighted by atomic mass is 32.2. The third kappa shape index (κ3) is 4.20. The van der Waals surface area contributed by atoms with Gasteiger partial charge in [-0.05, 0) is 48.5 Å². The lowest BCUT2D eigenvalue weighted by Gasteiger charge is -2.29. The summed E-state index contributed by atoms with van der Waals surface area (Å²) >= 11 is 2.04. The molecule has 2 heteroatoms. The minimum Gasteiger partial charge on any atom is -0.247 e. The molecule has 1 unspecified atom stereocenters. The van der Waals surface area contributed by atoms with E-state index in [1.807, 2.05) is 11.8 Å². The average molecular weight is 218 g/mol. The van der Waals surface area contributed by atoms with Crippen molar-refractivity contribution in [2.45, 2.75) is 57.9 Å². The molecule has 0 radical (unpaired) electrons. The Morgan fingerprint density at radius 1 is 1.14 bits per heavy atom. The van der Waals surface area contributed by atoms with E-state index >= 15 is 0 Å². The van der Waals surface area contributed by atoms with Crippen LogP contribution in [0.5, 0.6) is 0 Å². The van der Waals surface area contributed by atoms with Gasteiger partial charge >= 0.3 is 0 Å². The third-order valence-corrected chi connectivity index (χ3v) is 4.58. The second-order valence-electron chi connectivity index (χ2n) is 4.87. The van der Waals surface area contributed by atoms with E-state index in [9.17, 15) is 4.39 Å². The molecule has 0 heterocycles. The van der Waals surface area contributed by atoms with Gasteiger partial charge in [-0.1, -0.05) is 20.8 Å². The number of halogens is 1. The van der Waals surface area contributed by atoms with Crippen molar-refractivity contribution < 1.29 is 4.39 Å². The third-order valence-electron chi connectivity index (χ3n) is 3.20. The van der Waals surface area contributed by atoms with Gasteiger partial charge in [-0.2, -0.15) is 11.8 Å². The van der Waals surface area contributed by atoms with E-state index in [1.54, 1.807) is 0 Å². The van der Waals surface area contributed by atoms with Gasteiger partial charge in [-0.3, -0.25) is 0 Å². The van der Waals surface area contributed by atoms with Gasteiger partial charge in [0.25, 0.3) is 0 Å². The molecule has 0 aromatic carbocycles. The molecule has 0 aromatic rings. The van der Waals surface area contributed by atoms with Crippen molar-refractivity contribution in [1.29, 1.82) is 0 Å². The zero-order valence-electron chi connectivity index (χ0n) is 9.63. The largest absolute Gasteiger partial charge is 0.247 e. The molecule has 0 spiro atoms. The molecule has 84 valence electrons. The fourth-order valence-corrected chi connectivity index (χ4v) is 3.09. The maximum Gasteiger partial charge on any atom is 0.100 e. The Morgan fingerprint density at radius 3 is 2.21 bits per heavy atom. The highest BCUT2D eigenvalue weighted by Gasteiger charge is 2.24. The van der Waals surface area contributed by atoms with E-state index in [0.717, 1.165) is 42.8 Å². The molecule has 0 aliphatic heterocycles. The minimum atomic E-state index is -0.504. The van der Waals surface area contributed by atoms with Crippen LogP contribution in [0.4, 0.5) is 4.39 Å². The van der Waals surface area contributed by atoms with Gasteiger partial charge in [-0.25, -0.2) is 4.39 Å². The second-order valence-corrected chi connectivity index (χ2v) is 6.48. The lowest BCUT2D eigenvalue weighted by atomic mass is 9.81. The summed E-state index contributed by atoms with van der Waals surface area (Å²) in [6.07, 6.45) is 3.33. The lowest BCUT2D eigenvalue weighted by molar-refractivity contribution is 0.180. The van der Waals surface area contributed by atoms with Gasteiger partial charge in [0.2, 0.25) is 0 Å². The van der Waals surface area contributed by atoms with Crippen LogP contribution in [0.1, 0.15) is 46.5 Å². The highest BCUT2D eigenvalue weighted by Crippen LogP contribution is 2.33. The first-order valence-corrected chi connectivity index (χ1v) is 6.90. The number of rotatable bonds is 4. The zero-order valence-corrected chi connectivity index (χ0v) is 10.4. The molecule has 1 fully saturated rings. The summed E-state index contributed by atoms with van der Waals surface area (Å²) in [4.78, 5) is 0. The summed E-state index contributed by atoms with van der Waals surface area (Å²) < 4.78 is 12.9. The normalized spacial score (nSPS) is 30.6. The Bertz CT molecular complexity index is 150. The van der Waals surface area contributed by atoms with E-state index in [1.165, 1.54) is 5.75 Å². The first-order valence-electron chi connectivity index (χ1n) is 5.85. The van der Waals surface area contributed by atoms with E-state index in [0.29, 0.717) is 0 Å². The van der Waals surface area contributed by atoms with Crippen LogP contribution >= 0.6 is 11.8 Å². The summed E-state index contributed by atoms with van der Waals surface area (Å²) in [6, 6.07) is 0. The van der Waals surface area contributed by atoms with Crippen LogP contribution in [0.3, 0.4) is 0 Å². The summed E-state index contributed by atoms with van der Waals surface area (Å²) in [5.41, 5.74) is 0. The average Bonchev–Trinajstić information content (AvgIpc) is 2.15. The molecule has 1 aliphatic rings. The van der Waals surface area contributed by atoms with E-state index in [2.05, 4.69) is 20.8 Å². The Labute approximate surface area is 92.0 Å². The van der Waals surface area contributed by atoms with Crippen molar-refractivity contribution in [3.05, 3.63) is 0 Å². The van der Waals surface area contributed by atoms with Crippen molar-refractivity contribution >= 4 is 11.8 Å². The predicted molar refractivity (Wildman–Crippen MR) is 63.6 cm³/mol. The molecule has 1 saturated carbocycles. The predicted octanol–water partition coefficient (Wildman–Crippen LogP) is 4.29. The molecule has 1 aliphatic carbocycles. The summed E-state index contributed by atoms with van der Waals surface area (Å²) in [5, 5.41) is 0.731. The smallest absolute Gasteiger partial charge is 0.100 e. The SMILES string of the molecule is CC(C)SCC(C)[C@H]1CC[C@@H](F)CC1. The topological polar surface area (TPSA) is 0 Å². The van der Waals surface area contributed by atoms with Crippen LogP contribution in [0.15, 0.2) is 0 Å². The van der Waals surface area contributed by atoms with Gasteiger partial charge in [0.15, 0.2) is 0 Å². The molecule has 0 nitrogen and oxygen atoms in total. The van der Waals surface area contributed by atoms with Crippen molar-refractivity contribution in [2.24, 2.45) is 11.8 Å². The molecule has 14 heavy (non-hydrogen) atoms. The van der Waals surface area contributed by atoms with Crippen LogP contribution in [0.2, 0.25) is 0 Å². The van der Waals surface area contributed by atoms with Gasteiger partial charge < -0.3 is 0 Å². The quantitative estimate of drug-likeness (QED) is 0.678. The maximum atomic E-state index is 12.9. The van der Waals surface area contributed by atoms with Crippen LogP contribution in [0, 0.1) is 11.8 Å². The Hall–Kier alpha value is 0.280. The summed E-state index contributed by atoms with van der Waals surface area (Å²) in [5.74, 6) is 2.81. The van der Waals surface area contributed by atoms with Crippen LogP contribution < -0.4 is 0 Å². The number of thioether (sulfide) groups is 1. The maximum absolute atomic E-state index is 12.9. The van der Waals surface area contributed by atoms with Gasteiger partial charge in [-0.15, -0.1) is 0 Å². The Kier molecular flexibility index (Phi) is 5.29. The molecular weight excluding hydrogens is 195 g/mol. The van der Waals surface area contributed by atoms with Crippen LogP contribution in [0.25, 0.3) is 0 Å². The standard InChI is InChI=1S/C12H23FS/c1-9(2)14-8-10(3)11-4-6-12(13)7-5-11/h9-12H,4-8H2,1-3H3/t10?,11-,12+. The second kappa shape index (κ2) is 5.99.